The summed E-state index contributed by atoms with van der Waals surface area (Å²) < 4.78 is 5.79. The maximum absolute atomic E-state index is 12.4. The van der Waals surface area contributed by atoms with Crippen molar-refractivity contribution in [2.24, 2.45) is 11.5 Å². The largest absolute Gasteiger partial charge is 0.461 e. The van der Waals surface area contributed by atoms with Gasteiger partial charge < -0.3 is 16.2 Å². The van der Waals surface area contributed by atoms with Crippen LogP contribution in [0.25, 0.3) is 0 Å². The van der Waals surface area contributed by atoms with E-state index in [0.29, 0.717) is 13.0 Å². The zero-order valence-electron chi connectivity index (χ0n) is 21.4. The highest BCUT2D eigenvalue weighted by atomic mass is 16.5. The first-order chi connectivity index (χ1) is 15.7. The summed E-state index contributed by atoms with van der Waals surface area (Å²) in [6.07, 6.45) is 29.4. The number of carbonyl (C=O) groups excluding carboxylic acids is 1. The van der Waals surface area contributed by atoms with E-state index < -0.39 is 6.04 Å². The lowest BCUT2D eigenvalue weighted by molar-refractivity contribution is -0.151. The third kappa shape index (κ3) is 20.8. The molecular formula is C28H54N2O2. The first-order valence-corrected chi connectivity index (χ1v) is 13.6. The third-order valence-electron chi connectivity index (χ3n) is 5.90. The smallest absolute Gasteiger partial charge is 0.323 e. The van der Waals surface area contributed by atoms with E-state index in [9.17, 15) is 4.79 Å². The van der Waals surface area contributed by atoms with Gasteiger partial charge in [-0.3, -0.25) is 4.79 Å². The summed E-state index contributed by atoms with van der Waals surface area (Å²) in [7, 11) is 0. The van der Waals surface area contributed by atoms with E-state index in [1.165, 1.54) is 64.2 Å². The first-order valence-electron chi connectivity index (χ1n) is 13.6. The Morgan fingerprint density at radius 3 is 1.97 bits per heavy atom. The highest BCUT2D eigenvalue weighted by molar-refractivity contribution is 5.75. The van der Waals surface area contributed by atoms with Crippen molar-refractivity contribution in [2.75, 3.05) is 6.54 Å². The van der Waals surface area contributed by atoms with Gasteiger partial charge in [-0.25, -0.2) is 0 Å². The van der Waals surface area contributed by atoms with Gasteiger partial charge in [0.05, 0.1) is 0 Å². The van der Waals surface area contributed by atoms with Crippen LogP contribution in [0.1, 0.15) is 129 Å². The lowest BCUT2D eigenvalue weighted by Crippen LogP contribution is -2.35. The van der Waals surface area contributed by atoms with Gasteiger partial charge in [0.1, 0.15) is 12.1 Å². The lowest BCUT2D eigenvalue weighted by Gasteiger charge is -2.20. The number of nitrogens with two attached hydrogens (primary N) is 2. The second-order valence-corrected chi connectivity index (χ2v) is 9.07. The van der Waals surface area contributed by atoms with Crippen LogP contribution in [-0.4, -0.2) is 24.7 Å². The topological polar surface area (TPSA) is 78.3 Å². The standard InChI is InChI=1S/C28H54N2O2/c1-3-5-7-9-10-11-12-13-14-15-16-17-19-23-26(22-18-8-6-4-2)32-28(31)27(30)24-20-21-25-29/h6,8,11-12,26-27H,3-5,7,9-10,13-25,29-30H2,1-2H3/b8-6-,12-11-/t26?,27-/m0/s1. The molecule has 32 heavy (non-hydrogen) atoms. The molecular weight excluding hydrogens is 396 g/mol. The Balaban J connectivity index is 4.02. The van der Waals surface area contributed by atoms with E-state index in [0.717, 1.165) is 44.9 Å². The molecule has 0 radical (unpaired) electrons. The molecule has 0 aromatic carbocycles. The molecule has 0 aromatic rings. The monoisotopic (exact) mass is 450 g/mol. The predicted molar refractivity (Wildman–Crippen MR) is 140 cm³/mol. The summed E-state index contributed by atoms with van der Waals surface area (Å²) in [5.74, 6) is -0.243. The number of hydrogen-bond donors (Lipinski definition) is 2. The van der Waals surface area contributed by atoms with Crippen molar-refractivity contribution < 1.29 is 9.53 Å². The average molecular weight is 451 g/mol. The number of esters is 1. The van der Waals surface area contributed by atoms with Crippen LogP contribution in [-0.2, 0) is 9.53 Å². The lowest BCUT2D eigenvalue weighted by atomic mass is 10.0. The van der Waals surface area contributed by atoms with Crippen molar-refractivity contribution in [1.82, 2.24) is 0 Å². The molecule has 2 atom stereocenters. The van der Waals surface area contributed by atoms with Crippen LogP contribution < -0.4 is 11.5 Å². The number of rotatable bonds is 23. The number of hydrogen-bond acceptors (Lipinski definition) is 4. The fraction of sp³-hybridized carbons (Fsp3) is 0.821. The van der Waals surface area contributed by atoms with Gasteiger partial charge in [-0.2, -0.15) is 0 Å². The molecule has 0 amide bonds. The summed E-state index contributed by atoms with van der Waals surface area (Å²) in [6, 6.07) is -0.519. The predicted octanol–water partition coefficient (Wildman–Crippen LogP) is 7.36. The highest BCUT2D eigenvalue weighted by Crippen LogP contribution is 2.16. The zero-order chi connectivity index (χ0) is 23.7. The Hall–Kier alpha value is -1.13. The molecule has 0 aliphatic carbocycles. The fourth-order valence-electron chi connectivity index (χ4n) is 3.80. The Bertz CT molecular complexity index is 462. The van der Waals surface area contributed by atoms with Crippen molar-refractivity contribution in [1.29, 1.82) is 0 Å². The second kappa shape index (κ2) is 24.5. The molecule has 4 N–H and O–H groups in total. The highest BCUT2D eigenvalue weighted by Gasteiger charge is 2.19. The number of unbranched alkanes of at least 4 members (excludes halogenated alkanes) is 10. The Morgan fingerprint density at radius 1 is 0.719 bits per heavy atom. The van der Waals surface area contributed by atoms with Crippen LogP contribution in [0.2, 0.25) is 0 Å². The Kier molecular flexibility index (Phi) is 23.6. The fourth-order valence-corrected chi connectivity index (χ4v) is 3.80. The van der Waals surface area contributed by atoms with Crippen molar-refractivity contribution in [3.8, 4) is 0 Å². The van der Waals surface area contributed by atoms with E-state index in [1.54, 1.807) is 0 Å². The van der Waals surface area contributed by atoms with Crippen molar-refractivity contribution in [3.05, 3.63) is 24.3 Å². The molecule has 0 rings (SSSR count). The molecule has 1 unspecified atom stereocenters. The van der Waals surface area contributed by atoms with Crippen LogP contribution in [0.15, 0.2) is 24.3 Å². The average Bonchev–Trinajstić information content (AvgIpc) is 2.79. The maximum Gasteiger partial charge on any atom is 0.323 e. The summed E-state index contributed by atoms with van der Waals surface area (Å²) in [5, 5.41) is 0. The normalized spacial score (nSPS) is 13.8. The van der Waals surface area contributed by atoms with E-state index >= 15 is 0 Å². The molecule has 0 aromatic heterocycles. The van der Waals surface area contributed by atoms with Crippen LogP contribution in [0.5, 0.6) is 0 Å². The molecule has 0 saturated carbocycles. The molecule has 4 heteroatoms. The van der Waals surface area contributed by atoms with Crippen molar-refractivity contribution >= 4 is 5.97 Å². The van der Waals surface area contributed by atoms with Gasteiger partial charge in [-0.1, -0.05) is 83.1 Å². The molecule has 188 valence electrons. The second-order valence-electron chi connectivity index (χ2n) is 9.07. The van der Waals surface area contributed by atoms with E-state index in [2.05, 4.69) is 38.2 Å². The van der Waals surface area contributed by atoms with Gasteiger partial charge in [0.2, 0.25) is 0 Å². The van der Waals surface area contributed by atoms with Crippen molar-refractivity contribution in [2.45, 2.75) is 142 Å². The zero-order valence-corrected chi connectivity index (χ0v) is 21.4. The number of allylic oxidation sites excluding steroid dienone is 4. The summed E-state index contributed by atoms with van der Waals surface area (Å²) in [5.41, 5.74) is 11.5. The molecule has 0 aliphatic heterocycles. The van der Waals surface area contributed by atoms with Gasteiger partial charge in [0, 0.05) is 0 Å². The van der Waals surface area contributed by atoms with Gasteiger partial charge in [-0.05, 0) is 77.2 Å². The van der Waals surface area contributed by atoms with Crippen LogP contribution in [0.4, 0.5) is 0 Å². The molecule has 0 fully saturated rings. The maximum atomic E-state index is 12.4. The van der Waals surface area contributed by atoms with Crippen LogP contribution in [0.3, 0.4) is 0 Å². The minimum absolute atomic E-state index is 0.0137. The summed E-state index contributed by atoms with van der Waals surface area (Å²) in [4.78, 5) is 12.4. The van der Waals surface area contributed by atoms with Crippen LogP contribution in [0, 0.1) is 0 Å². The molecule has 4 nitrogen and oxygen atoms in total. The molecule has 0 saturated heterocycles. The molecule has 0 bridgehead atoms. The molecule has 0 heterocycles. The number of carbonyl (C=O) groups is 1. The first kappa shape index (κ1) is 30.9. The minimum Gasteiger partial charge on any atom is -0.461 e. The quantitative estimate of drug-likeness (QED) is 0.0968. The van der Waals surface area contributed by atoms with Crippen LogP contribution >= 0.6 is 0 Å². The van der Waals surface area contributed by atoms with E-state index in [1.807, 2.05) is 0 Å². The molecule has 0 spiro atoms. The van der Waals surface area contributed by atoms with E-state index in [-0.39, 0.29) is 12.1 Å². The Morgan fingerprint density at radius 2 is 1.31 bits per heavy atom. The van der Waals surface area contributed by atoms with Gasteiger partial charge >= 0.3 is 5.97 Å². The minimum atomic E-state index is -0.519. The third-order valence-corrected chi connectivity index (χ3v) is 5.90. The SMILES string of the molecule is CC/C=C\CCC(CCCCCCC/C=C\CCCCCC)OC(=O)[C@@H](N)CCCCN. The summed E-state index contributed by atoms with van der Waals surface area (Å²) >= 11 is 0. The van der Waals surface area contributed by atoms with Crippen molar-refractivity contribution in [3.63, 3.8) is 0 Å². The van der Waals surface area contributed by atoms with Gasteiger partial charge in [0.25, 0.3) is 0 Å². The van der Waals surface area contributed by atoms with E-state index in [4.69, 9.17) is 16.2 Å². The molecule has 0 aliphatic rings. The number of ether oxygens (including phenoxy) is 1. The van der Waals surface area contributed by atoms with Gasteiger partial charge in [-0.15, -0.1) is 0 Å². The summed E-state index contributed by atoms with van der Waals surface area (Å²) in [6.45, 7) is 5.04. The van der Waals surface area contributed by atoms with Gasteiger partial charge in [0.15, 0.2) is 0 Å². The Labute approximate surface area is 199 Å².